The van der Waals surface area contributed by atoms with E-state index in [2.05, 4.69) is 28.1 Å². The molecule has 1 atom stereocenters. The number of hydrogen-bond donors (Lipinski definition) is 3. The Morgan fingerprint density at radius 3 is 2.94 bits per heavy atom. The second kappa shape index (κ2) is 5.48. The number of amides is 2. The Bertz CT molecular complexity index is 372. The summed E-state index contributed by atoms with van der Waals surface area (Å²) in [5.41, 5.74) is 2.87. The van der Waals surface area contributed by atoms with Gasteiger partial charge in [-0.3, -0.25) is 9.59 Å². The Morgan fingerprint density at radius 2 is 2.33 bits per heavy atom. The fourth-order valence-electron chi connectivity index (χ4n) is 2.30. The van der Waals surface area contributed by atoms with E-state index in [-0.39, 0.29) is 17.2 Å². The highest BCUT2D eigenvalue weighted by molar-refractivity contribution is 6.39. The minimum absolute atomic E-state index is 0.117. The maximum atomic E-state index is 11.9. The van der Waals surface area contributed by atoms with Crippen molar-refractivity contribution in [3.8, 4) is 0 Å². The van der Waals surface area contributed by atoms with Crippen LogP contribution in [0.1, 0.15) is 32.6 Å². The fourth-order valence-corrected chi connectivity index (χ4v) is 2.30. The van der Waals surface area contributed by atoms with Crippen LogP contribution in [0.2, 0.25) is 0 Å². The molecule has 0 aromatic rings. The number of hydrazone groups is 1. The summed E-state index contributed by atoms with van der Waals surface area (Å²) in [5, 5.41) is 10.0. The normalized spacial score (nSPS) is 28.3. The van der Waals surface area contributed by atoms with Crippen LogP contribution in [0.5, 0.6) is 0 Å². The molecule has 1 fully saturated rings. The quantitative estimate of drug-likeness (QED) is 0.648. The molecule has 2 aliphatic heterocycles. The number of hydrogen-bond acceptors (Lipinski definition) is 4. The molecule has 2 heterocycles. The van der Waals surface area contributed by atoms with Crippen molar-refractivity contribution in [1.82, 2.24) is 16.1 Å². The lowest BCUT2D eigenvalue weighted by Gasteiger charge is -2.34. The zero-order chi connectivity index (χ0) is 13.0. The van der Waals surface area contributed by atoms with E-state index < -0.39 is 0 Å². The summed E-state index contributed by atoms with van der Waals surface area (Å²) in [6, 6.07) is 0. The van der Waals surface area contributed by atoms with Gasteiger partial charge in [0.2, 0.25) is 5.91 Å². The lowest BCUT2D eigenvalue weighted by atomic mass is 9.83. The summed E-state index contributed by atoms with van der Waals surface area (Å²) in [5.74, 6) is -0.295. The van der Waals surface area contributed by atoms with E-state index in [0.717, 1.165) is 25.9 Å². The highest BCUT2D eigenvalue weighted by Crippen LogP contribution is 2.24. The van der Waals surface area contributed by atoms with E-state index in [1.54, 1.807) is 0 Å². The lowest BCUT2D eigenvalue weighted by Crippen LogP contribution is -2.47. The number of nitrogens with zero attached hydrogens (tertiary/aromatic N) is 1. The second-order valence-corrected chi connectivity index (χ2v) is 5.37. The van der Waals surface area contributed by atoms with Crippen LogP contribution in [0, 0.1) is 5.41 Å². The van der Waals surface area contributed by atoms with E-state index in [1.807, 2.05) is 0 Å². The van der Waals surface area contributed by atoms with Gasteiger partial charge < -0.3 is 10.6 Å². The predicted molar refractivity (Wildman–Crippen MR) is 68.0 cm³/mol. The zero-order valence-corrected chi connectivity index (χ0v) is 10.7. The van der Waals surface area contributed by atoms with E-state index in [1.165, 1.54) is 0 Å². The highest BCUT2D eigenvalue weighted by Gasteiger charge is 2.28. The molecule has 0 aliphatic carbocycles. The van der Waals surface area contributed by atoms with E-state index in [4.69, 9.17) is 0 Å². The first kappa shape index (κ1) is 13.0. The fraction of sp³-hybridized carbons (Fsp3) is 0.750. The molecule has 2 rings (SSSR count). The number of nitrogens with one attached hydrogen (secondary N) is 3. The van der Waals surface area contributed by atoms with Gasteiger partial charge in [-0.2, -0.15) is 5.10 Å². The van der Waals surface area contributed by atoms with E-state index >= 15 is 0 Å². The smallest absolute Gasteiger partial charge is 0.267 e. The van der Waals surface area contributed by atoms with Crippen LogP contribution in [0.15, 0.2) is 5.10 Å². The standard InChI is InChI=1S/C12H20N4O2/c1-12(5-2-6-13-7-12)8-14-11(18)9-3-4-10(17)16-15-9/h13H,2-8H2,1H3,(H,14,18)(H,16,17). The van der Waals surface area contributed by atoms with Crippen molar-refractivity contribution < 1.29 is 9.59 Å². The molecule has 2 aliphatic rings. The maximum Gasteiger partial charge on any atom is 0.267 e. The molecule has 3 N–H and O–H groups in total. The Labute approximate surface area is 107 Å². The molecule has 6 heteroatoms. The molecule has 0 aromatic heterocycles. The number of carbonyl (C=O) groups is 2. The third-order valence-electron chi connectivity index (χ3n) is 3.53. The Balaban J connectivity index is 1.82. The first-order chi connectivity index (χ1) is 8.59. The molecule has 18 heavy (non-hydrogen) atoms. The van der Waals surface area contributed by atoms with Gasteiger partial charge in [-0.1, -0.05) is 6.92 Å². The molecule has 0 aromatic carbocycles. The molecule has 1 unspecified atom stereocenters. The van der Waals surface area contributed by atoms with Gasteiger partial charge in [0.25, 0.3) is 5.91 Å². The van der Waals surface area contributed by atoms with Crippen LogP contribution < -0.4 is 16.1 Å². The van der Waals surface area contributed by atoms with Crippen molar-refractivity contribution in [2.24, 2.45) is 10.5 Å². The summed E-state index contributed by atoms with van der Waals surface area (Å²) in [7, 11) is 0. The van der Waals surface area contributed by atoms with Crippen LogP contribution in [0.25, 0.3) is 0 Å². The summed E-state index contributed by atoms with van der Waals surface area (Å²) in [6.45, 7) is 4.80. The molecule has 0 saturated carbocycles. The number of carbonyl (C=O) groups excluding carboxylic acids is 2. The van der Waals surface area contributed by atoms with Crippen molar-refractivity contribution >= 4 is 17.5 Å². The number of piperidine rings is 1. The second-order valence-electron chi connectivity index (χ2n) is 5.37. The lowest BCUT2D eigenvalue weighted by molar-refractivity contribution is -0.121. The highest BCUT2D eigenvalue weighted by atomic mass is 16.2. The Morgan fingerprint density at radius 1 is 1.50 bits per heavy atom. The summed E-state index contributed by atoms with van der Waals surface area (Å²) < 4.78 is 0. The summed E-state index contributed by atoms with van der Waals surface area (Å²) >= 11 is 0. The summed E-state index contributed by atoms with van der Waals surface area (Å²) in [6.07, 6.45) is 3.02. The molecular weight excluding hydrogens is 232 g/mol. The SMILES string of the molecule is CC1(CNC(=O)C2=NNC(=O)CC2)CCCNC1. The topological polar surface area (TPSA) is 82.6 Å². The van der Waals surface area contributed by atoms with Gasteiger partial charge >= 0.3 is 0 Å². The first-order valence-electron chi connectivity index (χ1n) is 6.43. The van der Waals surface area contributed by atoms with Crippen LogP contribution in [-0.4, -0.2) is 37.2 Å². The van der Waals surface area contributed by atoms with Gasteiger partial charge in [-0.05, 0) is 24.8 Å². The van der Waals surface area contributed by atoms with Crippen LogP contribution in [0.4, 0.5) is 0 Å². The van der Waals surface area contributed by atoms with Crippen molar-refractivity contribution in [3.05, 3.63) is 0 Å². The largest absolute Gasteiger partial charge is 0.350 e. The third kappa shape index (κ3) is 3.29. The van der Waals surface area contributed by atoms with Crippen molar-refractivity contribution in [3.63, 3.8) is 0 Å². The molecule has 0 spiro atoms. The molecule has 0 bridgehead atoms. The van der Waals surface area contributed by atoms with Gasteiger partial charge in [-0.15, -0.1) is 0 Å². The van der Waals surface area contributed by atoms with Crippen molar-refractivity contribution in [2.45, 2.75) is 32.6 Å². The zero-order valence-electron chi connectivity index (χ0n) is 10.7. The van der Waals surface area contributed by atoms with E-state index in [9.17, 15) is 9.59 Å². The van der Waals surface area contributed by atoms with Crippen LogP contribution >= 0.6 is 0 Å². The average Bonchev–Trinajstić information content (AvgIpc) is 2.38. The van der Waals surface area contributed by atoms with Crippen molar-refractivity contribution in [1.29, 1.82) is 0 Å². The Kier molecular flexibility index (Phi) is 3.96. The van der Waals surface area contributed by atoms with Gasteiger partial charge in [-0.25, -0.2) is 5.43 Å². The molecule has 2 amide bonds. The molecule has 6 nitrogen and oxygen atoms in total. The van der Waals surface area contributed by atoms with Crippen LogP contribution in [-0.2, 0) is 9.59 Å². The molecule has 0 radical (unpaired) electrons. The monoisotopic (exact) mass is 252 g/mol. The first-order valence-corrected chi connectivity index (χ1v) is 6.43. The number of rotatable bonds is 3. The van der Waals surface area contributed by atoms with Crippen LogP contribution in [0.3, 0.4) is 0 Å². The van der Waals surface area contributed by atoms with Gasteiger partial charge in [0.05, 0.1) is 0 Å². The van der Waals surface area contributed by atoms with E-state index in [0.29, 0.717) is 25.1 Å². The maximum absolute atomic E-state index is 11.9. The van der Waals surface area contributed by atoms with Crippen molar-refractivity contribution in [2.75, 3.05) is 19.6 Å². The minimum Gasteiger partial charge on any atom is -0.350 e. The van der Waals surface area contributed by atoms with Gasteiger partial charge in [0, 0.05) is 25.9 Å². The predicted octanol–water partition coefficient (Wildman–Crippen LogP) is -0.242. The molecule has 1 saturated heterocycles. The van der Waals surface area contributed by atoms with Gasteiger partial charge in [0.15, 0.2) is 0 Å². The summed E-state index contributed by atoms with van der Waals surface area (Å²) in [4.78, 5) is 22.8. The Hall–Kier alpha value is -1.43. The third-order valence-corrected chi connectivity index (χ3v) is 3.53. The average molecular weight is 252 g/mol. The minimum atomic E-state index is -0.165. The van der Waals surface area contributed by atoms with Gasteiger partial charge in [0.1, 0.15) is 5.71 Å². The molecule has 100 valence electrons. The molecular formula is C12H20N4O2.